The van der Waals surface area contributed by atoms with Crippen molar-refractivity contribution in [2.24, 2.45) is 0 Å². The van der Waals surface area contributed by atoms with Crippen LogP contribution >= 0.6 is 31.9 Å². The lowest BCUT2D eigenvalue weighted by atomic mass is 10.2. The molecule has 0 atom stereocenters. The van der Waals surface area contributed by atoms with Gasteiger partial charge in [0.05, 0.1) is 4.90 Å². The van der Waals surface area contributed by atoms with Gasteiger partial charge in [-0.1, -0.05) is 22.9 Å². The fourth-order valence-electron chi connectivity index (χ4n) is 1.51. The minimum absolute atomic E-state index is 0.258. The van der Waals surface area contributed by atoms with Crippen LogP contribution in [0.1, 0.15) is 18.9 Å². The monoisotopic (exact) mass is 412 g/mol. The van der Waals surface area contributed by atoms with E-state index in [-0.39, 0.29) is 4.90 Å². The Labute approximate surface area is 131 Å². The standard InChI is InChI=1S/C12H18Br2N2O2S/c1-3-15-5-4-6-16-19(17,18)12-8-10(13)9(2)7-11(12)14/h7-8,15-16H,3-6H2,1-2H3. The highest BCUT2D eigenvalue weighted by Gasteiger charge is 2.18. The lowest BCUT2D eigenvalue weighted by Gasteiger charge is -2.10. The fraction of sp³-hybridized carbons (Fsp3) is 0.500. The lowest BCUT2D eigenvalue weighted by Crippen LogP contribution is -2.27. The first-order valence-corrected chi connectivity index (χ1v) is 9.11. The average molecular weight is 414 g/mol. The van der Waals surface area contributed by atoms with Crippen LogP contribution in [0.15, 0.2) is 26.0 Å². The van der Waals surface area contributed by atoms with Gasteiger partial charge in [-0.2, -0.15) is 0 Å². The summed E-state index contributed by atoms with van der Waals surface area (Å²) in [5.41, 5.74) is 0.984. The van der Waals surface area contributed by atoms with Crippen LogP contribution in [0.25, 0.3) is 0 Å². The van der Waals surface area contributed by atoms with Crippen molar-refractivity contribution in [2.45, 2.75) is 25.2 Å². The molecule has 7 heteroatoms. The van der Waals surface area contributed by atoms with Gasteiger partial charge in [0, 0.05) is 15.5 Å². The summed E-state index contributed by atoms with van der Waals surface area (Å²) in [6.45, 7) is 6.05. The van der Waals surface area contributed by atoms with Gasteiger partial charge in [0.2, 0.25) is 10.0 Å². The van der Waals surface area contributed by atoms with Gasteiger partial charge >= 0.3 is 0 Å². The van der Waals surface area contributed by atoms with Gasteiger partial charge in [-0.05, 0) is 60.1 Å². The van der Waals surface area contributed by atoms with Gasteiger partial charge in [0.25, 0.3) is 0 Å². The maximum Gasteiger partial charge on any atom is 0.241 e. The van der Waals surface area contributed by atoms with E-state index in [4.69, 9.17) is 0 Å². The topological polar surface area (TPSA) is 58.2 Å². The van der Waals surface area contributed by atoms with Crippen LogP contribution in [-0.4, -0.2) is 28.1 Å². The molecule has 0 aromatic heterocycles. The molecule has 108 valence electrons. The van der Waals surface area contributed by atoms with Crippen LogP contribution in [0.5, 0.6) is 0 Å². The maximum atomic E-state index is 12.2. The second-order valence-corrected chi connectivity index (χ2v) is 7.58. The normalized spacial score (nSPS) is 11.8. The Morgan fingerprint density at radius 2 is 1.84 bits per heavy atom. The first-order chi connectivity index (χ1) is 8.88. The van der Waals surface area contributed by atoms with Crippen LogP contribution < -0.4 is 10.0 Å². The fourth-order valence-corrected chi connectivity index (χ4v) is 4.26. The molecule has 1 aromatic rings. The van der Waals surface area contributed by atoms with E-state index in [1.807, 2.05) is 13.8 Å². The number of benzene rings is 1. The summed E-state index contributed by atoms with van der Waals surface area (Å²) >= 11 is 6.65. The molecular weight excluding hydrogens is 396 g/mol. The summed E-state index contributed by atoms with van der Waals surface area (Å²) < 4.78 is 28.3. The molecule has 0 aliphatic heterocycles. The minimum atomic E-state index is -3.47. The summed E-state index contributed by atoms with van der Waals surface area (Å²) in [6, 6.07) is 3.41. The molecule has 0 aliphatic rings. The zero-order valence-corrected chi connectivity index (χ0v) is 15.0. The Bertz CT molecular complexity index is 533. The predicted molar refractivity (Wildman–Crippen MR) is 84.9 cm³/mol. The van der Waals surface area contributed by atoms with Gasteiger partial charge in [0.1, 0.15) is 0 Å². The Morgan fingerprint density at radius 3 is 2.47 bits per heavy atom. The predicted octanol–water partition coefficient (Wildman–Crippen LogP) is 2.80. The summed E-state index contributed by atoms with van der Waals surface area (Å²) in [5, 5.41) is 3.15. The van der Waals surface area contributed by atoms with Gasteiger partial charge in [-0.3, -0.25) is 0 Å². The average Bonchev–Trinajstić information content (AvgIpc) is 2.33. The van der Waals surface area contributed by atoms with Crippen molar-refractivity contribution in [3.8, 4) is 0 Å². The zero-order valence-electron chi connectivity index (χ0n) is 11.0. The number of sulfonamides is 1. The zero-order chi connectivity index (χ0) is 14.5. The molecule has 0 bridgehead atoms. The molecule has 0 heterocycles. The van der Waals surface area contributed by atoms with Gasteiger partial charge in [0.15, 0.2) is 0 Å². The molecule has 0 saturated carbocycles. The van der Waals surface area contributed by atoms with Gasteiger partial charge in [-0.15, -0.1) is 0 Å². The molecule has 1 aromatic carbocycles. The Balaban J connectivity index is 2.75. The third-order valence-corrected chi connectivity index (χ3v) is 5.85. The molecular formula is C12H18Br2N2O2S. The molecule has 0 spiro atoms. The highest BCUT2D eigenvalue weighted by atomic mass is 79.9. The Kier molecular flexibility index (Phi) is 6.96. The summed E-state index contributed by atoms with van der Waals surface area (Å²) in [6.07, 6.45) is 0.762. The van der Waals surface area contributed by atoms with E-state index in [1.165, 1.54) is 0 Å². The summed E-state index contributed by atoms with van der Waals surface area (Å²) in [4.78, 5) is 0.258. The first kappa shape index (κ1) is 17.1. The van der Waals surface area contributed by atoms with Crippen LogP contribution in [0, 0.1) is 6.92 Å². The summed E-state index contributed by atoms with van der Waals surface area (Å²) in [5.74, 6) is 0. The van der Waals surface area contributed by atoms with Crippen molar-refractivity contribution >= 4 is 41.9 Å². The van der Waals surface area contributed by atoms with Gasteiger partial charge in [-0.25, -0.2) is 13.1 Å². The van der Waals surface area contributed by atoms with E-state index in [9.17, 15) is 8.42 Å². The van der Waals surface area contributed by atoms with E-state index in [0.717, 1.165) is 29.5 Å². The molecule has 4 nitrogen and oxygen atoms in total. The molecule has 0 aliphatic carbocycles. The minimum Gasteiger partial charge on any atom is -0.317 e. The van der Waals surface area contributed by atoms with Crippen LogP contribution in [0.2, 0.25) is 0 Å². The number of nitrogens with one attached hydrogen (secondary N) is 2. The molecule has 1 rings (SSSR count). The molecule has 2 N–H and O–H groups in total. The molecule has 0 saturated heterocycles. The van der Waals surface area contributed by atoms with Gasteiger partial charge < -0.3 is 5.32 Å². The van der Waals surface area contributed by atoms with Crippen molar-refractivity contribution in [1.82, 2.24) is 10.0 Å². The Hall–Kier alpha value is 0.0500. The largest absolute Gasteiger partial charge is 0.317 e. The molecule has 19 heavy (non-hydrogen) atoms. The van der Waals surface area contributed by atoms with Crippen LogP contribution in [-0.2, 0) is 10.0 Å². The van der Waals surface area contributed by atoms with E-state index in [0.29, 0.717) is 11.0 Å². The maximum absolute atomic E-state index is 12.2. The third kappa shape index (κ3) is 5.15. The molecule has 0 radical (unpaired) electrons. The smallest absolute Gasteiger partial charge is 0.241 e. The number of rotatable bonds is 7. The highest BCUT2D eigenvalue weighted by Crippen LogP contribution is 2.28. The van der Waals surface area contributed by atoms with E-state index < -0.39 is 10.0 Å². The molecule has 0 fully saturated rings. The van der Waals surface area contributed by atoms with E-state index in [1.54, 1.807) is 12.1 Å². The van der Waals surface area contributed by atoms with Crippen molar-refractivity contribution in [1.29, 1.82) is 0 Å². The summed E-state index contributed by atoms with van der Waals surface area (Å²) in [7, 11) is -3.47. The number of aryl methyl sites for hydroxylation is 1. The molecule has 0 unspecified atom stereocenters. The second kappa shape index (κ2) is 7.73. The van der Waals surface area contributed by atoms with Crippen molar-refractivity contribution < 1.29 is 8.42 Å². The first-order valence-electron chi connectivity index (χ1n) is 6.04. The highest BCUT2D eigenvalue weighted by molar-refractivity contribution is 9.11. The van der Waals surface area contributed by atoms with Crippen molar-refractivity contribution in [3.63, 3.8) is 0 Å². The van der Waals surface area contributed by atoms with E-state index >= 15 is 0 Å². The number of hydrogen-bond donors (Lipinski definition) is 2. The Morgan fingerprint density at radius 1 is 1.16 bits per heavy atom. The number of hydrogen-bond acceptors (Lipinski definition) is 3. The van der Waals surface area contributed by atoms with Crippen molar-refractivity contribution in [3.05, 3.63) is 26.6 Å². The van der Waals surface area contributed by atoms with Crippen LogP contribution in [0.4, 0.5) is 0 Å². The quantitative estimate of drug-likeness (QED) is 0.675. The SMILES string of the molecule is CCNCCCNS(=O)(=O)c1cc(Br)c(C)cc1Br. The molecule has 0 amide bonds. The lowest BCUT2D eigenvalue weighted by molar-refractivity contribution is 0.574. The number of halogens is 2. The van der Waals surface area contributed by atoms with E-state index in [2.05, 4.69) is 41.9 Å². The third-order valence-electron chi connectivity index (χ3n) is 2.58. The second-order valence-electron chi connectivity index (χ2n) is 4.14. The van der Waals surface area contributed by atoms with Crippen LogP contribution in [0.3, 0.4) is 0 Å². The van der Waals surface area contributed by atoms with Crippen molar-refractivity contribution in [2.75, 3.05) is 19.6 Å².